The Bertz CT molecular complexity index is 628. The summed E-state index contributed by atoms with van der Waals surface area (Å²) >= 11 is 0. The Labute approximate surface area is 127 Å². The summed E-state index contributed by atoms with van der Waals surface area (Å²) in [5.41, 5.74) is 0.644. The zero-order valence-corrected chi connectivity index (χ0v) is 12.1. The van der Waals surface area contributed by atoms with Gasteiger partial charge in [0.05, 0.1) is 25.0 Å². The van der Waals surface area contributed by atoms with Crippen LogP contribution in [-0.2, 0) is 14.3 Å². The fourth-order valence-electron chi connectivity index (χ4n) is 4.28. The van der Waals surface area contributed by atoms with E-state index >= 15 is 0 Å². The van der Waals surface area contributed by atoms with Crippen LogP contribution in [0.25, 0.3) is 0 Å². The predicted octanol–water partition coefficient (Wildman–Crippen LogP) is 0.802. The first kappa shape index (κ1) is 13.6. The van der Waals surface area contributed by atoms with E-state index in [-0.39, 0.29) is 23.7 Å². The number of carbonyl (C=O) groups excluding carboxylic acids is 2. The summed E-state index contributed by atoms with van der Waals surface area (Å²) in [6.45, 7) is 0. The van der Waals surface area contributed by atoms with Gasteiger partial charge in [-0.2, -0.15) is 0 Å². The number of aliphatic hydroxyl groups is 1. The molecule has 1 aromatic carbocycles. The van der Waals surface area contributed by atoms with Gasteiger partial charge in [-0.15, -0.1) is 0 Å². The van der Waals surface area contributed by atoms with Crippen LogP contribution in [0.5, 0.6) is 5.75 Å². The lowest BCUT2D eigenvalue weighted by atomic mass is 9.78. The first-order valence-corrected chi connectivity index (χ1v) is 7.43. The van der Waals surface area contributed by atoms with Crippen LogP contribution in [0.2, 0.25) is 0 Å². The van der Waals surface area contributed by atoms with E-state index in [0.29, 0.717) is 17.9 Å². The Morgan fingerprint density at radius 2 is 2.05 bits per heavy atom. The molecule has 6 heteroatoms. The van der Waals surface area contributed by atoms with Crippen molar-refractivity contribution in [1.29, 1.82) is 0 Å². The minimum absolute atomic E-state index is 0.0147. The Hall–Kier alpha value is -2.08. The molecule has 1 aliphatic heterocycles. The van der Waals surface area contributed by atoms with Crippen LogP contribution in [0.1, 0.15) is 6.42 Å². The average Bonchev–Trinajstić information content (AvgIpc) is 3.12. The predicted molar refractivity (Wildman–Crippen MR) is 76.1 cm³/mol. The molecule has 6 nitrogen and oxygen atoms in total. The second-order valence-electron chi connectivity index (χ2n) is 6.22. The third-order valence-corrected chi connectivity index (χ3v) is 5.24. The molecular weight excluding hydrogens is 286 g/mol. The molecule has 6 atom stereocenters. The van der Waals surface area contributed by atoms with Crippen LogP contribution in [0.15, 0.2) is 24.3 Å². The highest BCUT2D eigenvalue weighted by Crippen LogP contribution is 2.57. The van der Waals surface area contributed by atoms with E-state index in [9.17, 15) is 14.7 Å². The molecule has 3 aliphatic rings. The van der Waals surface area contributed by atoms with Gasteiger partial charge in [0.25, 0.3) is 0 Å². The Morgan fingerprint density at radius 3 is 2.73 bits per heavy atom. The maximum atomic E-state index is 12.6. The lowest BCUT2D eigenvalue weighted by molar-refractivity contribution is -0.146. The maximum absolute atomic E-state index is 12.6. The first-order valence-electron chi connectivity index (χ1n) is 7.43. The minimum atomic E-state index is -0.723. The first-order chi connectivity index (χ1) is 10.6. The number of aliphatic hydroxyl groups excluding tert-OH is 1. The molecule has 0 radical (unpaired) electrons. The summed E-state index contributed by atoms with van der Waals surface area (Å²) in [5, 5.41) is 13.0. The van der Waals surface area contributed by atoms with E-state index in [1.807, 2.05) is 0 Å². The van der Waals surface area contributed by atoms with E-state index in [0.717, 1.165) is 0 Å². The van der Waals surface area contributed by atoms with E-state index < -0.39 is 24.0 Å². The van der Waals surface area contributed by atoms with E-state index in [1.165, 1.54) is 0 Å². The zero-order chi connectivity index (χ0) is 15.4. The number of fused-ring (bicyclic) bond motifs is 1. The van der Waals surface area contributed by atoms with Crippen molar-refractivity contribution >= 4 is 17.6 Å². The highest BCUT2D eigenvalue weighted by atomic mass is 16.6. The van der Waals surface area contributed by atoms with Gasteiger partial charge in [-0.25, -0.2) is 0 Å². The maximum Gasteiger partial charge on any atom is 0.310 e. The van der Waals surface area contributed by atoms with Crippen LogP contribution in [-0.4, -0.2) is 36.3 Å². The fraction of sp³-hybridized carbons (Fsp3) is 0.500. The molecule has 1 heterocycles. The highest BCUT2D eigenvalue weighted by Gasteiger charge is 2.68. The van der Waals surface area contributed by atoms with Gasteiger partial charge < -0.3 is 19.9 Å². The van der Waals surface area contributed by atoms with Crippen molar-refractivity contribution < 1.29 is 24.2 Å². The monoisotopic (exact) mass is 303 g/mol. The molecule has 2 saturated carbocycles. The minimum Gasteiger partial charge on any atom is -0.497 e. The smallest absolute Gasteiger partial charge is 0.310 e. The van der Waals surface area contributed by atoms with Crippen molar-refractivity contribution in [1.82, 2.24) is 0 Å². The summed E-state index contributed by atoms with van der Waals surface area (Å²) < 4.78 is 10.3. The number of rotatable bonds is 3. The van der Waals surface area contributed by atoms with Crippen molar-refractivity contribution in [2.24, 2.45) is 23.7 Å². The molecule has 2 aliphatic carbocycles. The van der Waals surface area contributed by atoms with Gasteiger partial charge in [-0.1, -0.05) is 0 Å². The molecule has 22 heavy (non-hydrogen) atoms. The molecule has 2 N–H and O–H groups in total. The van der Waals surface area contributed by atoms with Gasteiger partial charge in [0, 0.05) is 17.5 Å². The Morgan fingerprint density at radius 1 is 1.32 bits per heavy atom. The number of anilines is 1. The lowest BCUT2D eigenvalue weighted by Crippen LogP contribution is -2.42. The third-order valence-electron chi connectivity index (χ3n) is 5.24. The second kappa shape index (κ2) is 4.71. The molecule has 0 spiro atoms. The van der Waals surface area contributed by atoms with Crippen molar-refractivity contribution in [2.75, 3.05) is 12.4 Å². The molecule has 116 valence electrons. The van der Waals surface area contributed by atoms with Gasteiger partial charge in [-0.3, -0.25) is 9.59 Å². The normalized spacial score (nSPS) is 38.0. The molecule has 1 saturated heterocycles. The number of nitrogens with one attached hydrogen (secondary N) is 1. The van der Waals surface area contributed by atoms with Crippen LogP contribution in [0.4, 0.5) is 5.69 Å². The molecule has 1 amide bonds. The van der Waals surface area contributed by atoms with Crippen LogP contribution in [0, 0.1) is 23.7 Å². The number of hydrogen-bond donors (Lipinski definition) is 2. The van der Waals surface area contributed by atoms with Gasteiger partial charge in [-0.05, 0) is 30.7 Å². The number of benzene rings is 1. The number of carbonyl (C=O) groups is 2. The van der Waals surface area contributed by atoms with Crippen LogP contribution >= 0.6 is 0 Å². The Kier molecular flexibility index (Phi) is 2.91. The molecule has 1 aromatic rings. The van der Waals surface area contributed by atoms with E-state index in [2.05, 4.69) is 5.32 Å². The number of methoxy groups -OCH3 is 1. The number of amides is 1. The largest absolute Gasteiger partial charge is 0.497 e. The quantitative estimate of drug-likeness (QED) is 0.807. The number of ether oxygens (including phenoxy) is 2. The molecule has 0 unspecified atom stereocenters. The van der Waals surface area contributed by atoms with Crippen LogP contribution in [0.3, 0.4) is 0 Å². The van der Waals surface area contributed by atoms with E-state index in [4.69, 9.17) is 9.47 Å². The van der Waals surface area contributed by atoms with Gasteiger partial charge >= 0.3 is 5.97 Å². The van der Waals surface area contributed by atoms with Crippen LogP contribution < -0.4 is 10.1 Å². The number of hydrogen-bond acceptors (Lipinski definition) is 5. The van der Waals surface area contributed by atoms with Gasteiger partial charge in [0.1, 0.15) is 11.9 Å². The standard InChI is InChI=1S/C16H17NO5/c1-21-8-4-2-7(3-5-8)17-15(19)11-9-6-10-12(11)16(20)22-14(10)13(9)18/h2-5,9-14,18H,6H2,1H3,(H,17,19)/t9-,10+,11-,12+,13-,14-/m0/s1. The van der Waals surface area contributed by atoms with Crippen molar-refractivity contribution in [3.05, 3.63) is 24.3 Å². The molecule has 2 bridgehead atoms. The third kappa shape index (κ3) is 1.76. The second-order valence-corrected chi connectivity index (χ2v) is 6.22. The zero-order valence-electron chi connectivity index (χ0n) is 12.1. The van der Waals surface area contributed by atoms with Gasteiger partial charge in [0.2, 0.25) is 5.91 Å². The number of esters is 1. The topological polar surface area (TPSA) is 84.9 Å². The lowest BCUT2D eigenvalue weighted by Gasteiger charge is -2.27. The summed E-state index contributed by atoms with van der Waals surface area (Å²) in [5.74, 6) is -0.979. The fourth-order valence-corrected chi connectivity index (χ4v) is 4.28. The molecule has 0 aromatic heterocycles. The summed E-state index contributed by atoms with van der Waals surface area (Å²) in [4.78, 5) is 24.5. The molecular formula is C16H17NO5. The molecule has 4 rings (SSSR count). The SMILES string of the molecule is COc1ccc(NC(=O)[C@H]2[C@@H]3C[C@H]4[C@H](OC(=O)[C@H]42)[C@H]3O)cc1. The Balaban J connectivity index is 1.54. The van der Waals surface area contributed by atoms with E-state index in [1.54, 1.807) is 31.4 Å². The summed E-state index contributed by atoms with van der Waals surface area (Å²) in [6, 6.07) is 7.00. The highest BCUT2D eigenvalue weighted by molar-refractivity contribution is 5.97. The summed E-state index contributed by atoms with van der Waals surface area (Å²) in [7, 11) is 1.58. The van der Waals surface area contributed by atoms with Crippen molar-refractivity contribution in [3.8, 4) is 5.75 Å². The average molecular weight is 303 g/mol. The van der Waals surface area contributed by atoms with Crippen molar-refractivity contribution in [2.45, 2.75) is 18.6 Å². The van der Waals surface area contributed by atoms with Crippen molar-refractivity contribution in [3.63, 3.8) is 0 Å². The summed E-state index contributed by atoms with van der Waals surface area (Å²) in [6.07, 6.45) is -0.449. The van der Waals surface area contributed by atoms with Gasteiger partial charge in [0.15, 0.2) is 0 Å². The molecule has 3 fully saturated rings.